The molecule has 1 aromatic rings. The van der Waals surface area contributed by atoms with Gasteiger partial charge in [0.1, 0.15) is 5.60 Å². The first-order chi connectivity index (χ1) is 8.10. The summed E-state index contributed by atoms with van der Waals surface area (Å²) >= 11 is 3.37. The van der Waals surface area contributed by atoms with Gasteiger partial charge in [-0.25, -0.2) is 0 Å². The number of halogens is 1. The molecule has 1 aliphatic heterocycles. The van der Waals surface area contributed by atoms with Crippen LogP contribution in [0.15, 0.2) is 28.7 Å². The van der Waals surface area contributed by atoms with Gasteiger partial charge in [-0.2, -0.15) is 0 Å². The zero-order valence-corrected chi connectivity index (χ0v) is 10.9. The minimum Gasteiger partial charge on any atom is -0.481 e. The summed E-state index contributed by atoms with van der Waals surface area (Å²) in [6, 6.07) is 7.82. The van der Waals surface area contributed by atoms with E-state index >= 15 is 0 Å². The van der Waals surface area contributed by atoms with Crippen molar-refractivity contribution < 1.29 is 14.6 Å². The minimum absolute atomic E-state index is 0.0521. The fourth-order valence-electron chi connectivity index (χ4n) is 1.77. The van der Waals surface area contributed by atoms with Crippen molar-refractivity contribution in [2.75, 3.05) is 13.1 Å². The number of aliphatic carboxylic acids is 1. The molecule has 2 rings (SSSR count). The predicted octanol–water partition coefficient (Wildman–Crippen LogP) is 1.78. The van der Waals surface area contributed by atoms with E-state index in [1.165, 1.54) is 0 Å². The van der Waals surface area contributed by atoms with Gasteiger partial charge < -0.3 is 15.2 Å². The molecule has 0 aromatic heterocycles. The first-order valence-corrected chi connectivity index (χ1v) is 6.20. The molecule has 5 heteroatoms. The van der Waals surface area contributed by atoms with Gasteiger partial charge in [0.05, 0.1) is 13.0 Å². The topological polar surface area (TPSA) is 58.6 Å². The summed E-state index contributed by atoms with van der Waals surface area (Å²) in [5.74, 6) is -0.817. The Morgan fingerprint density at radius 3 is 2.53 bits per heavy atom. The van der Waals surface area contributed by atoms with Crippen molar-refractivity contribution in [3.8, 4) is 0 Å². The quantitative estimate of drug-likeness (QED) is 0.870. The van der Waals surface area contributed by atoms with Crippen LogP contribution in [-0.2, 0) is 16.1 Å². The van der Waals surface area contributed by atoms with Crippen LogP contribution in [0.3, 0.4) is 0 Å². The summed E-state index contributed by atoms with van der Waals surface area (Å²) in [6.45, 7) is 1.66. The molecule has 0 spiro atoms. The number of nitrogens with one attached hydrogen (secondary N) is 1. The molecule has 0 bridgehead atoms. The minimum atomic E-state index is -0.817. The second kappa shape index (κ2) is 5.16. The molecule has 1 saturated heterocycles. The van der Waals surface area contributed by atoms with Gasteiger partial charge in [0.15, 0.2) is 0 Å². The van der Waals surface area contributed by atoms with Crippen LogP contribution >= 0.6 is 15.9 Å². The highest BCUT2D eigenvalue weighted by atomic mass is 79.9. The lowest BCUT2D eigenvalue weighted by atomic mass is 9.92. The summed E-state index contributed by atoms with van der Waals surface area (Å²) < 4.78 is 6.76. The van der Waals surface area contributed by atoms with Crippen molar-refractivity contribution in [3.05, 3.63) is 34.3 Å². The van der Waals surface area contributed by atoms with Crippen molar-refractivity contribution in [1.29, 1.82) is 0 Å². The maximum Gasteiger partial charge on any atom is 0.306 e. The molecule has 1 fully saturated rings. The van der Waals surface area contributed by atoms with E-state index in [0.29, 0.717) is 19.7 Å². The van der Waals surface area contributed by atoms with Crippen molar-refractivity contribution in [1.82, 2.24) is 5.32 Å². The van der Waals surface area contributed by atoms with Crippen LogP contribution in [0.4, 0.5) is 0 Å². The molecule has 17 heavy (non-hydrogen) atoms. The molecule has 0 aliphatic carbocycles. The molecule has 0 unspecified atom stereocenters. The Kier molecular flexibility index (Phi) is 3.81. The third kappa shape index (κ3) is 3.28. The maximum absolute atomic E-state index is 10.7. The number of hydrogen-bond acceptors (Lipinski definition) is 3. The lowest BCUT2D eigenvalue weighted by Crippen LogP contribution is -2.61. The second-order valence-corrected chi connectivity index (χ2v) is 5.19. The van der Waals surface area contributed by atoms with Gasteiger partial charge in [0, 0.05) is 17.6 Å². The average Bonchev–Trinajstić information content (AvgIpc) is 2.23. The van der Waals surface area contributed by atoms with Crippen molar-refractivity contribution >= 4 is 21.9 Å². The first-order valence-electron chi connectivity index (χ1n) is 5.41. The van der Waals surface area contributed by atoms with Crippen LogP contribution in [0.25, 0.3) is 0 Å². The predicted molar refractivity (Wildman–Crippen MR) is 66.8 cm³/mol. The van der Waals surface area contributed by atoms with E-state index in [9.17, 15) is 4.79 Å². The highest BCUT2D eigenvalue weighted by Gasteiger charge is 2.40. The largest absolute Gasteiger partial charge is 0.481 e. The molecule has 2 N–H and O–H groups in total. The molecule has 4 nitrogen and oxygen atoms in total. The van der Waals surface area contributed by atoms with Gasteiger partial charge in [-0.1, -0.05) is 28.1 Å². The van der Waals surface area contributed by atoms with Crippen LogP contribution in [0.5, 0.6) is 0 Å². The normalized spacial score (nSPS) is 17.5. The average molecular weight is 300 g/mol. The molecule has 92 valence electrons. The summed E-state index contributed by atoms with van der Waals surface area (Å²) in [4.78, 5) is 10.7. The van der Waals surface area contributed by atoms with Crippen molar-refractivity contribution in [3.63, 3.8) is 0 Å². The number of carboxylic acid groups (broad SMARTS) is 1. The van der Waals surface area contributed by atoms with Crippen LogP contribution in [0.1, 0.15) is 12.0 Å². The van der Waals surface area contributed by atoms with Crippen molar-refractivity contribution in [2.45, 2.75) is 18.6 Å². The van der Waals surface area contributed by atoms with Gasteiger partial charge in [-0.3, -0.25) is 4.79 Å². The zero-order chi connectivity index (χ0) is 12.3. The fraction of sp³-hybridized carbons (Fsp3) is 0.417. The van der Waals surface area contributed by atoms with Crippen molar-refractivity contribution in [2.24, 2.45) is 0 Å². The highest BCUT2D eigenvalue weighted by Crippen LogP contribution is 2.23. The molecule has 1 aromatic carbocycles. The highest BCUT2D eigenvalue weighted by molar-refractivity contribution is 9.10. The molecule has 0 saturated carbocycles. The van der Waals surface area contributed by atoms with Crippen LogP contribution in [-0.4, -0.2) is 29.8 Å². The van der Waals surface area contributed by atoms with E-state index in [-0.39, 0.29) is 6.42 Å². The number of ether oxygens (including phenoxy) is 1. The van der Waals surface area contributed by atoms with Gasteiger partial charge in [-0.15, -0.1) is 0 Å². The van der Waals surface area contributed by atoms with Gasteiger partial charge in [-0.05, 0) is 17.7 Å². The first kappa shape index (κ1) is 12.5. The molecule has 0 atom stereocenters. The Morgan fingerprint density at radius 2 is 2.06 bits per heavy atom. The Morgan fingerprint density at radius 1 is 1.41 bits per heavy atom. The molecular formula is C12H14BrNO3. The lowest BCUT2D eigenvalue weighted by Gasteiger charge is -2.41. The monoisotopic (exact) mass is 299 g/mol. The van der Waals surface area contributed by atoms with E-state index < -0.39 is 11.6 Å². The number of carboxylic acids is 1. The number of rotatable bonds is 5. The molecule has 0 radical (unpaired) electrons. The Hall–Kier alpha value is -0.910. The Balaban J connectivity index is 1.92. The number of benzene rings is 1. The van der Waals surface area contributed by atoms with E-state index in [2.05, 4.69) is 21.2 Å². The Labute approximate surface area is 108 Å². The van der Waals surface area contributed by atoms with Crippen LogP contribution < -0.4 is 5.32 Å². The van der Waals surface area contributed by atoms with E-state index in [4.69, 9.17) is 9.84 Å². The van der Waals surface area contributed by atoms with Gasteiger partial charge in [0.25, 0.3) is 0 Å². The summed E-state index contributed by atoms with van der Waals surface area (Å²) in [6.07, 6.45) is 0.0521. The van der Waals surface area contributed by atoms with E-state index in [1.54, 1.807) is 0 Å². The summed E-state index contributed by atoms with van der Waals surface area (Å²) in [5.41, 5.74) is 0.517. The summed E-state index contributed by atoms with van der Waals surface area (Å²) in [7, 11) is 0. The molecular weight excluding hydrogens is 286 g/mol. The zero-order valence-electron chi connectivity index (χ0n) is 9.28. The fourth-order valence-corrected chi connectivity index (χ4v) is 2.04. The molecule has 0 amide bonds. The number of carbonyl (C=O) groups is 1. The molecule has 1 heterocycles. The van der Waals surface area contributed by atoms with E-state index in [0.717, 1.165) is 10.0 Å². The van der Waals surface area contributed by atoms with Crippen LogP contribution in [0.2, 0.25) is 0 Å². The van der Waals surface area contributed by atoms with E-state index in [1.807, 2.05) is 24.3 Å². The van der Waals surface area contributed by atoms with Gasteiger partial charge in [0.2, 0.25) is 0 Å². The molecule has 1 aliphatic rings. The van der Waals surface area contributed by atoms with Gasteiger partial charge >= 0.3 is 5.97 Å². The SMILES string of the molecule is O=C(O)CC1(OCc2ccc(Br)cc2)CNC1. The van der Waals surface area contributed by atoms with Crippen LogP contribution in [0, 0.1) is 0 Å². The third-order valence-corrected chi connectivity index (χ3v) is 3.35. The second-order valence-electron chi connectivity index (χ2n) is 4.27. The number of hydrogen-bond donors (Lipinski definition) is 2. The standard InChI is InChI=1S/C12H14BrNO3/c13-10-3-1-9(2-4-10)6-17-12(5-11(15)16)7-14-8-12/h1-4,14H,5-8H2,(H,15,16). The third-order valence-electron chi connectivity index (χ3n) is 2.83. The smallest absolute Gasteiger partial charge is 0.306 e. The lowest BCUT2D eigenvalue weighted by molar-refractivity contribution is -0.152. The maximum atomic E-state index is 10.7. The summed E-state index contributed by atoms with van der Waals surface area (Å²) in [5, 5.41) is 11.9. The Bertz CT molecular complexity index is 401.